The molecule has 34 heavy (non-hydrogen) atoms. The molecule has 2 aromatic heterocycles. The average molecular weight is 460 g/mol. The minimum Gasteiger partial charge on any atom is -0.494 e. The van der Waals surface area contributed by atoms with Crippen molar-refractivity contribution in [2.24, 2.45) is 0 Å². The number of rotatable bonds is 9. The molecule has 4 aromatic rings. The van der Waals surface area contributed by atoms with Gasteiger partial charge in [-0.3, -0.25) is 15.0 Å². The quantitative estimate of drug-likeness (QED) is 0.221. The van der Waals surface area contributed by atoms with Crippen molar-refractivity contribution in [2.75, 3.05) is 25.6 Å². The molecule has 4 N–H and O–H groups in total. The number of pyridine rings is 2. The van der Waals surface area contributed by atoms with Crippen molar-refractivity contribution in [2.45, 2.75) is 6.54 Å². The third kappa shape index (κ3) is 4.90. The number of amides is 1. The van der Waals surface area contributed by atoms with E-state index in [0.717, 1.165) is 16.8 Å². The summed E-state index contributed by atoms with van der Waals surface area (Å²) in [6, 6.07) is 16.9. The summed E-state index contributed by atoms with van der Waals surface area (Å²) < 4.78 is 10.9. The molecule has 0 spiro atoms. The molecule has 2 heterocycles. The van der Waals surface area contributed by atoms with Gasteiger partial charge < -0.3 is 19.9 Å². The van der Waals surface area contributed by atoms with Gasteiger partial charge in [-0.2, -0.15) is 0 Å². The van der Waals surface area contributed by atoms with Crippen molar-refractivity contribution >= 4 is 22.5 Å². The average Bonchev–Trinajstić information content (AvgIpc) is 2.90. The molecule has 0 aliphatic rings. The summed E-state index contributed by atoms with van der Waals surface area (Å²) >= 11 is 0. The molecule has 174 valence electrons. The molecule has 4 rings (SSSR count). The van der Waals surface area contributed by atoms with Crippen LogP contribution in [0, 0.1) is 0 Å². The van der Waals surface area contributed by atoms with Gasteiger partial charge in [0.05, 0.1) is 24.8 Å². The number of hydrogen-bond acceptors (Lipinski definition) is 8. The zero-order valence-electron chi connectivity index (χ0n) is 18.5. The number of fused-ring (bicyclic) bond motifs is 1. The Morgan fingerprint density at radius 1 is 1.06 bits per heavy atom. The van der Waals surface area contributed by atoms with Gasteiger partial charge in [0.2, 0.25) is 0 Å². The number of aromatic nitrogens is 2. The first kappa shape index (κ1) is 23.0. The van der Waals surface area contributed by atoms with Crippen LogP contribution in [-0.2, 0) is 6.54 Å². The van der Waals surface area contributed by atoms with Crippen LogP contribution < -0.4 is 20.3 Å². The molecule has 1 amide bonds. The van der Waals surface area contributed by atoms with Gasteiger partial charge in [-0.25, -0.2) is 10.5 Å². The zero-order valence-corrected chi connectivity index (χ0v) is 18.5. The summed E-state index contributed by atoms with van der Waals surface area (Å²) in [5, 5.41) is 21.9. The Morgan fingerprint density at radius 3 is 2.50 bits per heavy atom. The number of benzene rings is 2. The van der Waals surface area contributed by atoms with E-state index in [1.807, 2.05) is 48.5 Å². The summed E-state index contributed by atoms with van der Waals surface area (Å²) in [7, 11) is 1.45. The van der Waals surface area contributed by atoms with E-state index in [1.54, 1.807) is 17.7 Å². The maximum Gasteiger partial charge on any atom is 0.279 e. The topological polar surface area (TPSA) is 126 Å². The first-order valence-electron chi connectivity index (χ1n) is 10.6. The van der Waals surface area contributed by atoms with E-state index in [0.29, 0.717) is 28.9 Å². The maximum atomic E-state index is 12.4. The molecule has 0 saturated carbocycles. The predicted octanol–water partition coefficient (Wildman–Crippen LogP) is 3.41. The number of carbonyl (C=O) groups is 1. The third-order valence-electron chi connectivity index (χ3n) is 5.21. The van der Waals surface area contributed by atoms with Crippen LogP contribution in [0.15, 0.2) is 67.0 Å². The Kier molecular flexibility index (Phi) is 7.16. The zero-order chi connectivity index (χ0) is 23.9. The number of anilines is 1. The van der Waals surface area contributed by atoms with Crippen LogP contribution in [0.5, 0.6) is 11.5 Å². The highest BCUT2D eigenvalue weighted by molar-refractivity contribution is 6.09. The van der Waals surface area contributed by atoms with Crippen LogP contribution in [0.2, 0.25) is 0 Å². The van der Waals surface area contributed by atoms with E-state index in [2.05, 4.69) is 15.3 Å². The largest absolute Gasteiger partial charge is 0.494 e. The van der Waals surface area contributed by atoms with Gasteiger partial charge in [-0.1, -0.05) is 24.3 Å². The molecule has 0 aliphatic heterocycles. The summed E-state index contributed by atoms with van der Waals surface area (Å²) in [6.07, 6.45) is 3.10. The lowest BCUT2D eigenvalue weighted by Crippen LogP contribution is -2.20. The first-order chi connectivity index (χ1) is 16.6. The van der Waals surface area contributed by atoms with Crippen molar-refractivity contribution in [3.05, 3.63) is 78.1 Å². The Hall–Kier alpha value is -4.21. The fraction of sp³-hybridized carbons (Fsp3) is 0.160. The number of nitrogens with zero attached hydrogens (tertiary/aromatic N) is 2. The lowest BCUT2D eigenvalue weighted by Gasteiger charge is -2.15. The van der Waals surface area contributed by atoms with Crippen LogP contribution in [0.25, 0.3) is 22.2 Å². The monoisotopic (exact) mass is 460 g/mol. The molecule has 0 atom stereocenters. The van der Waals surface area contributed by atoms with Crippen molar-refractivity contribution in [1.29, 1.82) is 0 Å². The summed E-state index contributed by atoms with van der Waals surface area (Å²) in [6.45, 7) is 0.863. The smallest absolute Gasteiger partial charge is 0.279 e. The molecule has 9 nitrogen and oxygen atoms in total. The highest BCUT2D eigenvalue weighted by atomic mass is 16.5. The Balaban J connectivity index is 1.57. The van der Waals surface area contributed by atoms with Crippen molar-refractivity contribution < 1.29 is 24.6 Å². The number of hydrogen-bond donors (Lipinski definition) is 4. The number of nitrogens with one attached hydrogen (secondary N) is 2. The predicted molar refractivity (Wildman–Crippen MR) is 127 cm³/mol. The van der Waals surface area contributed by atoms with E-state index in [4.69, 9.17) is 14.6 Å². The van der Waals surface area contributed by atoms with Crippen molar-refractivity contribution in [3.8, 4) is 22.8 Å². The Morgan fingerprint density at radius 2 is 1.82 bits per heavy atom. The van der Waals surface area contributed by atoms with E-state index in [1.165, 1.54) is 13.3 Å². The number of methoxy groups -OCH3 is 1. The molecular formula is C25H24N4O5. The SMILES string of the molecule is COc1c(-c2ccc(NCc3ccc(OCCO)cc3)cc2)nc2ccncc2c1C(=O)NO. The summed E-state index contributed by atoms with van der Waals surface area (Å²) in [5.74, 6) is 0.254. The highest BCUT2D eigenvalue weighted by Crippen LogP contribution is 2.36. The molecule has 0 bridgehead atoms. The van der Waals surface area contributed by atoms with Crippen LogP contribution in [0.1, 0.15) is 15.9 Å². The molecule has 0 fully saturated rings. The van der Waals surface area contributed by atoms with Crippen LogP contribution in [0.4, 0.5) is 5.69 Å². The molecule has 0 aliphatic carbocycles. The second-order valence-electron chi connectivity index (χ2n) is 7.35. The standard InChI is InChI=1S/C25H24N4O5/c1-33-24-22(25(31)29-32)20-15-26-11-10-21(20)28-23(24)17-4-6-18(7-5-17)27-14-16-2-8-19(9-3-16)34-13-12-30/h2-11,15,27,30,32H,12-14H2,1H3,(H,29,31). The molecule has 2 aromatic carbocycles. The molecule has 0 saturated heterocycles. The van der Waals surface area contributed by atoms with Crippen LogP contribution in [-0.4, -0.2) is 46.5 Å². The fourth-order valence-electron chi connectivity index (χ4n) is 3.58. The fourth-order valence-corrected chi connectivity index (χ4v) is 3.58. The lowest BCUT2D eigenvalue weighted by molar-refractivity contribution is 0.0705. The van der Waals surface area contributed by atoms with Crippen molar-refractivity contribution in [3.63, 3.8) is 0 Å². The number of aliphatic hydroxyl groups is 1. The van der Waals surface area contributed by atoms with Gasteiger partial charge >= 0.3 is 0 Å². The second-order valence-corrected chi connectivity index (χ2v) is 7.35. The van der Waals surface area contributed by atoms with E-state index < -0.39 is 5.91 Å². The molecule has 9 heteroatoms. The van der Waals surface area contributed by atoms with Crippen LogP contribution >= 0.6 is 0 Å². The minimum atomic E-state index is -0.704. The number of carbonyl (C=O) groups excluding carboxylic acids is 1. The molecule has 0 unspecified atom stereocenters. The number of aliphatic hydroxyl groups excluding tert-OH is 1. The van der Waals surface area contributed by atoms with E-state index in [-0.39, 0.29) is 24.5 Å². The van der Waals surface area contributed by atoms with Gasteiger partial charge in [0.15, 0.2) is 5.75 Å². The summed E-state index contributed by atoms with van der Waals surface area (Å²) in [4.78, 5) is 21.1. The molecule has 0 radical (unpaired) electrons. The Bertz CT molecular complexity index is 1280. The van der Waals surface area contributed by atoms with Gasteiger partial charge in [0.25, 0.3) is 5.91 Å². The highest BCUT2D eigenvalue weighted by Gasteiger charge is 2.22. The number of hydroxylamine groups is 1. The van der Waals surface area contributed by atoms with Gasteiger partial charge in [-0.05, 0) is 35.9 Å². The van der Waals surface area contributed by atoms with Gasteiger partial charge in [0, 0.05) is 35.6 Å². The number of ether oxygens (including phenoxy) is 2. The van der Waals surface area contributed by atoms with Gasteiger partial charge in [-0.15, -0.1) is 0 Å². The third-order valence-corrected chi connectivity index (χ3v) is 5.21. The minimum absolute atomic E-state index is 0.0208. The second kappa shape index (κ2) is 10.6. The Labute approximate surface area is 196 Å². The summed E-state index contributed by atoms with van der Waals surface area (Å²) in [5.41, 5.74) is 5.60. The normalized spacial score (nSPS) is 10.7. The van der Waals surface area contributed by atoms with Gasteiger partial charge in [0.1, 0.15) is 18.1 Å². The lowest BCUT2D eigenvalue weighted by atomic mass is 10.0. The maximum absolute atomic E-state index is 12.4. The van der Waals surface area contributed by atoms with Crippen molar-refractivity contribution in [1.82, 2.24) is 15.4 Å². The van der Waals surface area contributed by atoms with E-state index in [9.17, 15) is 10.0 Å². The van der Waals surface area contributed by atoms with E-state index >= 15 is 0 Å². The first-order valence-corrected chi connectivity index (χ1v) is 10.6. The van der Waals surface area contributed by atoms with Crippen LogP contribution in [0.3, 0.4) is 0 Å². The molecular weight excluding hydrogens is 436 g/mol.